The van der Waals surface area contributed by atoms with Gasteiger partial charge < -0.3 is 60.0 Å². The number of nitrogens with one attached hydrogen (secondary N) is 3. The molecule has 2 amide bonds. The molecule has 0 radical (unpaired) electrons. The van der Waals surface area contributed by atoms with E-state index in [2.05, 4.69) is 20.7 Å². The van der Waals surface area contributed by atoms with Crippen LogP contribution in [0.15, 0.2) is 0 Å². The number of aldehydes is 2. The van der Waals surface area contributed by atoms with E-state index < -0.39 is 46.3 Å². The van der Waals surface area contributed by atoms with Gasteiger partial charge >= 0.3 is 36.3 Å². The molecule has 5 N–H and O–H groups in total. The van der Waals surface area contributed by atoms with Gasteiger partial charge in [0.1, 0.15) is 34.1 Å². The van der Waals surface area contributed by atoms with Gasteiger partial charge in [-0.25, -0.2) is 9.59 Å². The van der Waals surface area contributed by atoms with Gasteiger partial charge in [-0.1, -0.05) is 29.7 Å². The summed E-state index contributed by atoms with van der Waals surface area (Å²) >= 11 is 0. The number of carbonyl (C=O) groups excluding carboxylic acids is 7. The highest BCUT2D eigenvalue weighted by atomic mass is 19.4. The number of rotatable bonds is 10. The topological polar surface area (TPSA) is 234 Å². The lowest BCUT2D eigenvalue weighted by Crippen LogP contribution is -2.49. The Morgan fingerprint density at radius 1 is 0.627 bits per heavy atom. The van der Waals surface area contributed by atoms with Crippen molar-refractivity contribution in [3.63, 3.8) is 0 Å². The summed E-state index contributed by atoms with van der Waals surface area (Å²) in [5, 5.41) is 9.74. The van der Waals surface area contributed by atoms with E-state index >= 15 is 0 Å². The number of ether oxygens (including phenoxy) is 5. The van der Waals surface area contributed by atoms with Crippen LogP contribution < -0.4 is 21.7 Å². The average Bonchev–Trinajstić information content (AvgIpc) is 3.97. The summed E-state index contributed by atoms with van der Waals surface area (Å²) in [7, 11) is 4.12. The van der Waals surface area contributed by atoms with Gasteiger partial charge in [0.25, 0.3) is 0 Å². The van der Waals surface area contributed by atoms with E-state index in [-0.39, 0.29) is 59.7 Å². The maximum Gasteiger partial charge on any atom is 0.446 e. The summed E-state index contributed by atoms with van der Waals surface area (Å²) < 4.78 is 55.6. The van der Waals surface area contributed by atoms with Crippen molar-refractivity contribution < 1.29 is 70.4 Å². The number of alkyl halides is 3. The molecule has 3 unspecified atom stereocenters. The van der Waals surface area contributed by atoms with Crippen LogP contribution in [0.4, 0.5) is 22.8 Å². The molecule has 3 aliphatic rings. The molecule has 0 aromatic heterocycles. The van der Waals surface area contributed by atoms with Gasteiger partial charge in [-0.05, 0) is 127 Å². The number of nitrogens with zero attached hydrogens (tertiary/aromatic N) is 2. The molecule has 3 fully saturated rings. The Morgan fingerprint density at radius 3 is 1.28 bits per heavy atom. The van der Waals surface area contributed by atoms with Gasteiger partial charge in [0.15, 0.2) is 0 Å². The van der Waals surface area contributed by atoms with Crippen molar-refractivity contribution in [3.05, 3.63) is 0 Å². The van der Waals surface area contributed by atoms with Crippen LogP contribution in [0.25, 0.3) is 0 Å². The van der Waals surface area contributed by atoms with E-state index in [0.717, 1.165) is 38.8 Å². The van der Waals surface area contributed by atoms with Gasteiger partial charge in [-0.15, -0.1) is 0 Å². The zero-order valence-corrected chi connectivity index (χ0v) is 40.2. The minimum atomic E-state index is -4.64. The number of likely N-dealkylation sites (tertiary alicyclic amines) is 2. The highest BCUT2D eigenvalue weighted by molar-refractivity contribution is 5.80. The summed E-state index contributed by atoms with van der Waals surface area (Å²) in [5.41, 5.74) is 2.24. The normalized spacial score (nSPS) is 17.7. The minimum absolute atomic E-state index is 0. The first kappa shape index (κ1) is 74.5. The van der Waals surface area contributed by atoms with Crippen molar-refractivity contribution in [2.24, 2.45) is 23.5 Å². The van der Waals surface area contributed by atoms with Crippen LogP contribution in [0.5, 0.6) is 0 Å². The van der Waals surface area contributed by atoms with E-state index in [0.29, 0.717) is 44.6 Å². The molecule has 3 saturated heterocycles. The largest absolute Gasteiger partial charge is 0.468 e. The van der Waals surface area contributed by atoms with Crippen LogP contribution in [0.2, 0.25) is 0 Å². The maximum atomic E-state index is 12.0. The van der Waals surface area contributed by atoms with E-state index in [1.807, 2.05) is 55.4 Å². The van der Waals surface area contributed by atoms with Gasteiger partial charge in [-0.3, -0.25) is 19.2 Å². The van der Waals surface area contributed by atoms with Crippen LogP contribution in [0.3, 0.4) is 0 Å². The lowest BCUT2D eigenvalue weighted by atomic mass is 10.0. The molecule has 3 aliphatic heterocycles. The van der Waals surface area contributed by atoms with Crippen LogP contribution in [-0.4, -0.2) is 160 Å². The van der Waals surface area contributed by atoms with E-state index in [1.165, 1.54) is 27.8 Å². The molecule has 21 heteroatoms. The fourth-order valence-electron chi connectivity index (χ4n) is 5.49. The van der Waals surface area contributed by atoms with Crippen molar-refractivity contribution >= 4 is 42.7 Å². The van der Waals surface area contributed by atoms with Gasteiger partial charge in [0, 0.05) is 45.2 Å². The molecular formula is C46H93F3N6O12. The molecule has 0 aromatic rings. The monoisotopic (exact) mass is 979 g/mol. The summed E-state index contributed by atoms with van der Waals surface area (Å²) in [6.45, 7) is 27.7. The third kappa shape index (κ3) is 34.8. The van der Waals surface area contributed by atoms with Crippen LogP contribution >= 0.6 is 0 Å². The summed E-state index contributed by atoms with van der Waals surface area (Å²) in [6.07, 6.45) is -2.53. The maximum absolute atomic E-state index is 12.0. The van der Waals surface area contributed by atoms with Crippen molar-refractivity contribution in [3.8, 4) is 0 Å². The summed E-state index contributed by atoms with van der Waals surface area (Å²) in [6, 6.07) is 0. The Kier molecular flexibility index (Phi) is 37.1. The lowest BCUT2D eigenvalue weighted by molar-refractivity contribution is -0.156. The van der Waals surface area contributed by atoms with Crippen LogP contribution in [0, 0.1) is 17.8 Å². The predicted molar refractivity (Wildman–Crippen MR) is 256 cm³/mol. The van der Waals surface area contributed by atoms with Crippen molar-refractivity contribution in [2.75, 3.05) is 73.7 Å². The minimum Gasteiger partial charge on any atom is -0.468 e. The second kappa shape index (κ2) is 33.4. The molecule has 67 heavy (non-hydrogen) atoms. The number of nitrogens with two attached hydrogens (primary N) is 1. The first-order valence-electron chi connectivity index (χ1n) is 20.8. The molecule has 0 aliphatic carbocycles. The molecule has 3 atom stereocenters. The highest BCUT2D eigenvalue weighted by Crippen LogP contribution is 2.21. The van der Waals surface area contributed by atoms with E-state index in [4.69, 9.17) is 29.5 Å². The van der Waals surface area contributed by atoms with E-state index in [9.17, 15) is 41.9 Å². The van der Waals surface area contributed by atoms with Gasteiger partial charge in [0.05, 0.1) is 21.3 Å². The third-order valence-electron chi connectivity index (χ3n) is 9.07. The quantitative estimate of drug-likeness (QED) is 0.103. The molecule has 0 spiro atoms. The van der Waals surface area contributed by atoms with Crippen molar-refractivity contribution in [1.82, 2.24) is 25.8 Å². The SMILES string of the molecule is C.C.C.C.CC(C)(C)OC(=O)N1CCC(C=O)C1.COC(=O)C(C)(C)N.COC(=O)C(C)(C)NCC1CCN(C(=O)OC(C)(C)C)C1.COC(=O)C(C)(C)NCC1CCNC1.O=CC(F)(F)F. The molecule has 0 bridgehead atoms. The zero-order chi connectivity index (χ0) is 49.6. The number of hydrogen-bond donors (Lipinski definition) is 4. The Morgan fingerprint density at radius 2 is 1.00 bits per heavy atom. The molecule has 0 aromatic carbocycles. The Balaban J connectivity index is -0.000000181. The van der Waals surface area contributed by atoms with Crippen LogP contribution in [-0.2, 0) is 47.7 Å². The number of hydrogen-bond acceptors (Lipinski definition) is 16. The molecule has 3 rings (SSSR count). The molecule has 0 saturated carbocycles. The first-order valence-corrected chi connectivity index (χ1v) is 20.8. The number of halogens is 3. The average molecular weight is 979 g/mol. The fraction of sp³-hybridized carbons (Fsp3) is 0.848. The number of carbonyl (C=O) groups is 7. The van der Waals surface area contributed by atoms with Crippen LogP contribution in [0.1, 0.15) is 132 Å². The second-order valence-corrected chi connectivity index (χ2v) is 18.9. The Labute approximate surface area is 401 Å². The summed E-state index contributed by atoms with van der Waals surface area (Å²) in [4.78, 5) is 79.4. The second-order valence-electron chi connectivity index (χ2n) is 18.9. The Bertz CT molecular complexity index is 1440. The van der Waals surface area contributed by atoms with Gasteiger partial charge in [-0.2, -0.15) is 13.2 Å². The third-order valence-corrected chi connectivity index (χ3v) is 9.07. The zero-order valence-electron chi connectivity index (χ0n) is 40.2. The standard InChI is InChI=1S/C15H28N2O4.C10H20N2O2.C10H17NO3.C5H11NO2.C2HF3O.4CH4/c1-14(2,3)21-13(19)17-8-7-11(10-17)9-16-15(4,5)12(18)20-6;1-10(2,9(13)14-3)12-7-8-4-5-11-6-8;1-10(2,3)14-9(13)11-5-4-8(6-11)7-12;1-5(2,6)4(7)8-3;3-2(4,5)1-6;;;;/h11,16H,7-10H2,1-6H3;8,11-12H,4-7H2,1-3H3;7-8H,4-6H2,1-3H3;6H2,1-3H3;1H;4*1H4. The van der Waals surface area contributed by atoms with Crippen molar-refractivity contribution in [1.29, 1.82) is 0 Å². The number of amides is 2. The highest BCUT2D eigenvalue weighted by Gasteiger charge is 2.34. The smallest absolute Gasteiger partial charge is 0.446 e. The van der Waals surface area contributed by atoms with Crippen molar-refractivity contribution in [2.45, 2.75) is 166 Å². The Hall–Kier alpha value is -4.08. The molecule has 3 heterocycles. The first-order chi connectivity index (χ1) is 28.6. The fourth-order valence-corrected chi connectivity index (χ4v) is 5.49. The molecular weight excluding hydrogens is 886 g/mol. The van der Waals surface area contributed by atoms with E-state index in [1.54, 1.807) is 37.5 Å². The predicted octanol–water partition coefficient (Wildman–Crippen LogP) is 6.55. The molecule has 400 valence electrons. The lowest BCUT2D eigenvalue weighted by Gasteiger charge is -2.26. The number of methoxy groups -OCH3 is 3. The van der Waals surface area contributed by atoms with Gasteiger partial charge in [0.2, 0.25) is 6.29 Å². The summed E-state index contributed by atoms with van der Waals surface area (Å²) in [5.74, 6) is 0.0633. The molecule has 18 nitrogen and oxygen atoms in total. The number of esters is 3.